The van der Waals surface area contributed by atoms with Crippen molar-refractivity contribution in [3.63, 3.8) is 0 Å². The van der Waals surface area contributed by atoms with Crippen molar-refractivity contribution < 1.29 is 14.6 Å². The van der Waals surface area contributed by atoms with Crippen LogP contribution in [-0.4, -0.2) is 65.8 Å². The molecule has 5 rings (SSSR count). The Hall–Kier alpha value is -3.03. The fourth-order valence-electron chi connectivity index (χ4n) is 5.83. The highest BCUT2D eigenvalue weighted by atomic mass is 16.5. The van der Waals surface area contributed by atoms with E-state index in [1.165, 1.54) is 16.5 Å². The summed E-state index contributed by atoms with van der Waals surface area (Å²) in [7, 11) is 1.67. The van der Waals surface area contributed by atoms with Crippen LogP contribution in [0.4, 0.5) is 4.79 Å². The third-order valence-electron chi connectivity index (χ3n) is 7.58. The molecule has 0 radical (unpaired) electrons. The summed E-state index contributed by atoms with van der Waals surface area (Å²) in [4.78, 5) is 19.6. The molecule has 3 heterocycles. The normalized spacial score (nSPS) is 20.2. The monoisotopic (exact) mass is 448 g/mol. The van der Waals surface area contributed by atoms with Crippen molar-refractivity contribution in [2.75, 3.05) is 39.9 Å². The van der Waals surface area contributed by atoms with Gasteiger partial charge in [0.1, 0.15) is 5.75 Å². The Labute approximate surface area is 194 Å². The molecule has 1 saturated heterocycles. The number of methoxy groups -OCH3 is 1. The topological polar surface area (TPSA) is 94.8 Å². The molecule has 0 saturated carbocycles. The number of fused-ring (bicyclic) bond motifs is 4. The molecule has 2 aliphatic rings. The molecular weight excluding hydrogens is 416 g/mol. The Morgan fingerprint density at radius 3 is 2.64 bits per heavy atom. The molecule has 4 N–H and O–H groups in total. The molecule has 0 bridgehead atoms. The lowest BCUT2D eigenvalue weighted by Gasteiger charge is -2.50. The number of urea groups is 1. The summed E-state index contributed by atoms with van der Waals surface area (Å²) in [6.45, 7) is 3.05. The molecule has 2 aliphatic heterocycles. The number of carbonyl (C=O) groups excluding carboxylic acids is 1. The van der Waals surface area contributed by atoms with E-state index in [1.807, 2.05) is 18.2 Å². The Morgan fingerprint density at radius 1 is 1.21 bits per heavy atom. The minimum Gasteiger partial charge on any atom is -0.497 e. The molecule has 1 atom stereocenters. The van der Waals surface area contributed by atoms with Crippen LogP contribution in [0.1, 0.15) is 35.7 Å². The number of aliphatic hydroxyl groups excluding tert-OH is 1. The van der Waals surface area contributed by atoms with Crippen LogP contribution in [0.15, 0.2) is 48.5 Å². The van der Waals surface area contributed by atoms with Crippen LogP contribution in [0.2, 0.25) is 0 Å². The molecule has 0 aliphatic carbocycles. The number of benzene rings is 2. The van der Waals surface area contributed by atoms with Crippen LogP contribution in [0.5, 0.6) is 5.75 Å². The molecule has 1 aromatic heterocycles. The lowest BCUT2D eigenvalue weighted by atomic mass is 9.68. The summed E-state index contributed by atoms with van der Waals surface area (Å²) in [5, 5.41) is 11.7. The van der Waals surface area contributed by atoms with E-state index < -0.39 is 0 Å². The highest BCUT2D eigenvalue weighted by Gasteiger charge is 2.47. The third kappa shape index (κ3) is 3.85. The maximum atomic E-state index is 11.8. The number of aromatic nitrogens is 1. The number of nitrogens with two attached hydrogens (primary N) is 1. The van der Waals surface area contributed by atoms with Crippen LogP contribution in [0.3, 0.4) is 0 Å². The molecule has 3 aromatic rings. The summed E-state index contributed by atoms with van der Waals surface area (Å²) >= 11 is 0. The summed E-state index contributed by atoms with van der Waals surface area (Å²) in [5.74, 6) is 0.806. The van der Waals surface area contributed by atoms with Crippen molar-refractivity contribution in [3.05, 3.63) is 65.4 Å². The van der Waals surface area contributed by atoms with Crippen molar-refractivity contribution in [2.45, 2.75) is 30.7 Å². The fraction of sp³-hybridized carbons (Fsp3) is 0.423. The van der Waals surface area contributed by atoms with Gasteiger partial charge in [-0.05, 0) is 42.5 Å². The van der Waals surface area contributed by atoms with Crippen LogP contribution >= 0.6 is 0 Å². The van der Waals surface area contributed by atoms with Gasteiger partial charge in [-0.3, -0.25) is 4.90 Å². The number of ether oxygens (including phenoxy) is 1. The zero-order valence-corrected chi connectivity index (χ0v) is 19.1. The molecular formula is C26H32N4O3. The molecule has 2 aromatic carbocycles. The Kier molecular flexibility index (Phi) is 5.76. The first-order valence-electron chi connectivity index (χ1n) is 11.7. The van der Waals surface area contributed by atoms with Crippen molar-refractivity contribution in [3.8, 4) is 5.75 Å². The number of hydrogen-bond donors (Lipinski definition) is 3. The van der Waals surface area contributed by atoms with Crippen molar-refractivity contribution in [2.24, 2.45) is 5.73 Å². The molecule has 2 amide bonds. The van der Waals surface area contributed by atoms with Crippen LogP contribution in [-0.2, 0) is 11.8 Å². The van der Waals surface area contributed by atoms with Gasteiger partial charge >= 0.3 is 6.03 Å². The van der Waals surface area contributed by atoms with Gasteiger partial charge in [0.2, 0.25) is 0 Å². The first-order valence-corrected chi connectivity index (χ1v) is 11.7. The summed E-state index contributed by atoms with van der Waals surface area (Å²) in [6, 6.07) is 16.2. The number of nitrogens with one attached hydrogen (secondary N) is 1. The average molecular weight is 449 g/mol. The number of carbonyl (C=O) groups is 1. The minimum absolute atomic E-state index is 0.0508. The summed E-state index contributed by atoms with van der Waals surface area (Å²) < 4.78 is 5.46. The fourth-order valence-corrected chi connectivity index (χ4v) is 5.83. The molecule has 1 unspecified atom stereocenters. The Morgan fingerprint density at radius 2 is 1.97 bits per heavy atom. The standard InChI is InChI=1S/C26H32N4O3/c1-33-19-7-8-20-21(15-19)28-24-22(16-31)30(12-9-18-5-3-2-4-6-18)17-26(23(20)24)10-13-29(14-11-26)25(27)32/h2-8,15,22,28,31H,9-14,16-17H2,1H3,(H2,27,32). The second-order valence-corrected chi connectivity index (χ2v) is 9.34. The number of amides is 2. The number of H-pyrrole nitrogens is 1. The second-order valence-electron chi connectivity index (χ2n) is 9.34. The SMILES string of the molecule is COc1ccc2c3c([nH]c2c1)C(CO)N(CCc1ccccc1)CC31CCN(C(N)=O)CC1. The lowest BCUT2D eigenvalue weighted by molar-refractivity contribution is 0.0554. The predicted molar refractivity (Wildman–Crippen MR) is 128 cm³/mol. The zero-order chi connectivity index (χ0) is 23.0. The van der Waals surface area contributed by atoms with E-state index in [0.29, 0.717) is 13.1 Å². The van der Waals surface area contributed by atoms with E-state index in [9.17, 15) is 9.90 Å². The first kappa shape index (κ1) is 21.8. The van der Waals surface area contributed by atoms with Gasteiger partial charge in [-0.2, -0.15) is 0 Å². The highest BCUT2D eigenvalue weighted by Crippen LogP contribution is 2.49. The molecule has 7 heteroatoms. The molecule has 1 fully saturated rings. The number of nitrogens with zero attached hydrogens (tertiary/aromatic N) is 2. The van der Waals surface area contributed by atoms with Gasteiger partial charge in [0, 0.05) is 54.3 Å². The van der Waals surface area contributed by atoms with Crippen LogP contribution in [0.25, 0.3) is 10.9 Å². The molecule has 174 valence electrons. The van der Waals surface area contributed by atoms with E-state index >= 15 is 0 Å². The van der Waals surface area contributed by atoms with Gasteiger partial charge in [-0.25, -0.2) is 4.79 Å². The third-order valence-corrected chi connectivity index (χ3v) is 7.58. The van der Waals surface area contributed by atoms with E-state index in [1.54, 1.807) is 12.0 Å². The summed E-state index contributed by atoms with van der Waals surface area (Å²) in [6.07, 6.45) is 2.62. The molecule has 33 heavy (non-hydrogen) atoms. The average Bonchev–Trinajstić information content (AvgIpc) is 3.23. The number of primary amides is 1. The van der Waals surface area contributed by atoms with Gasteiger partial charge in [-0.15, -0.1) is 0 Å². The number of rotatable bonds is 5. The van der Waals surface area contributed by atoms with E-state index in [-0.39, 0.29) is 24.1 Å². The number of hydrogen-bond acceptors (Lipinski definition) is 4. The van der Waals surface area contributed by atoms with Gasteiger partial charge in [0.05, 0.1) is 19.8 Å². The minimum atomic E-state index is -0.348. The number of piperidine rings is 1. The maximum Gasteiger partial charge on any atom is 0.314 e. The number of likely N-dealkylation sites (tertiary alicyclic amines) is 1. The quantitative estimate of drug-likeness (QED) is 0.559. The van der Waals surface area contributed by atoms with Crippen LogP contribution in [0, 0.1) is 0 Å². The second kappa shape index (κ2) is 8.72. The lowest BCUT2D eigenvalue weighted by Crippen LogP contribution is -2.55. The summed E-state index contributed by atoms with van der Waals surface area (Å²) in [5.41, 5.74) is 10.2. The Bertz CT molecular complexity index is 1140. The van der Waals surface area contributed by atoms with E-state index in [0.717, 1.165) is 49.3 Å². The molecule has 7 nitrogen and oxygen atoms in total. The molecule has 1 spiro atoms. The maximum absolute atomic E-state index is 11.8. The van der Waals surface area contributed by atoms with Crippen molar-refractivity contribution >= 4 is 16.9 Å². The van der Waals surface area contributed by atoms with Crippen molar-refractivity contribution in [1.29, 1.82) is 0 Å². The van der Waals surface area contributed by atoms with Gasteiger partial charge in [0.25, 0.3) is 0 Å². The Balaban J connectivity index is 1.56. The predicted octanol–water partition coefficient (Wildman–Crippen LogP) is 3.18. The number of aromatic amines is 1. The largest absolute Gasteiger partial charge is 0.497 e. The van der Waals surface area contributed by atoms with Crippen LogP contribution < -0.4 is 10.5 Å². The number of aliphatic hydroxyl groups is 1. The van der Waals surface area contributed by atoms with Gasteiger partial charge in [0.15, 0.2) is 0 Å². The zero-order valence-electron chi connectivity index (χ0n) is 19.1. The van der Waals surface area contributed by atoms with E-state index in [2.05, 4.69) is 40.2 Å². The highest BCUT2D eigenvalue weighted by molar-refractivity contribution is 5.88. The van der Waals surface area contributed by atoms with Crippen molar-refractivity contribution in [1.82, 2.24) is 14.8 Å². The van der Waals surface area contributed by atoms with Gasteiger partial charge < -0.3 is 25.5 Å². The van der Waals surface area contributed by atoms with E-state index in [4.69, 9.17) is 10.5 Å². The first-order chi connectivity index (χ1) is 16.0. The smallest absolute Gasteiger partial charge is 0.314 e. The van der Waals surface area contributed by atoms with Gasteiger partial charge in [-0.1, -0.05) is 30.3 Å².